The van der Waals surface area contributed by atoms with Crippen molar-refractivity contribution >= 4 is 44.2 Å². The fraction of sp³-hybridized carbons (Fsp3) is 0.273. The van der Waals surface area contributed by atoms with Crippen molar-refractivity contribution in [2.24, 2.45) is 7.05 Å². The molecule has 24 heavy (non-hydrogen) atoms. The minimum Gasteiger partial charge on any atom is -0.343 e. The van der Waals surface area contributed by atoms with E-state index in [1.165, 1.54) is 43.9 Å². The van der Waals surface area contributed by atoms with E-state index in [0.29, 0.717) is 0 Å². The van der Waals surface area contributed by atoms with Gasteiger partial charge in [0.05, 0.1) is 16.1 Å². The van der Waals surface area contributed by atoms with Gasteiger partial charge in [-0.2, -0.15) is 0 Å². The van der Waals surface area contributed by atoms with E-state index in [1.807, 2.05) is 0 Å². The Balaban J connectivity index is 2.39. The zero-order valence-electron chi connectivity index (χ0n) is 14.7. The Morgan fingerprint density at radius 1 is 0.958 bits per heavy atom. The predicted octanol–water partition coefficient (Wildman–Crippen LogP) is 6.71. The van der Waals surface area contributed by atoms with E-state index in [4.69, 9.17) is 11.6 Å². The van der Waals surface area contributed by atoms with Gasteiger partial charge in [-0.25, -0.2) is 0 Å². The van der Waals surface area contributed by atoms with Gasteiger partial charge in [-0.3, -0.25) is 0 Å². The second-order valence-corrected chi connectivity index (χ2v) is 7.23. The molecule has 0 bridgehead atoms. The number of hydrogen-bond acceptors (Lipinski definition) is 0. The summed E-state index contributed by atoms with van der Waals surface area (Å²) in [6.45, 7) is 6.60. The van der Waals surface area contributed by atoms with Crippen molar-refractivity contribution in [2.75, 3.05) is 0 Å². The largest absolute Gasteiger partial charge is 0.343 e. The summed E-state index contributed by atoms with van der Waals surface area (Å²) in [5.74, 6) is 0. The molecule has 1 nitrogen and oxygen atoms in total. The van der Waals surface area contributed by atoms with E-state index < -0.39 is 0 Å². The molecule has 4 aromatic rings. The topological polar surface area (TPSA) is 4.93 Å². The lowest BCUT2D eigenvalue weighted by Gasteiger charge is -2.11. The van der Waals surface area contributed by atoms with Gasteiger partial charge < -0.3 is 4.57 Å². The van der Waals surface area contributed by atoms with Crippen molar-refractivity contribution in [1.82, 2.24) is 4.57 Å². The molecule has 0 aliphatic carbocycles. The van der Waals surface area contributed by atoms with Crippen LogP contribution in [0, 0.1) is 13.8 Å². The lowest BCUT2D eigenvalue weighted by molar-refractivity contribution is 0.930. The van der Waals surface area contributed by atoms with Gasteiger partial charge in [-0.05, 0) is 37.5 Å². The van der Waals surface area contributed by atoms with Gasteiger partial charge in [-0.15, -0.1) is 0 Å². The average molecular weight is 336 g/mol. The number of nitrogens with zero attached hydrogens (tertiary/aromatic N) is 1. The fourth-order valence-electron chi connectivity index (χ4n) is 4.26. The maximum absolute atomic E-state index is 6.88. The highest BCUT2D eigenvalue weighted by molar-refractivity contribution is 6.39. The van der Waals surface area contributed by atoms with E-state index in [0.717, 1.165) is 23.3 Å². The van der Waals surface area contributed by atoms with Gasteiger partial charge in [0, 0.05) is 28.6 Å². The van der Waals surface area contributed by atoms with Crippen LogP contribution in [0.4, 0.5) is 0 Å². The molecule has 0 radical (unpaired) electrons. The maximum atomic E-state index is 6.88. The monoisotopic (exact) mass is 335 g/mol. The van der Waals surface area contributed by atoms with Crippen LogP contribution in [0.15, 0.2) is 36.4 Å². The lowest BCUT2D eigenvalue weighted by Crippen LogP contribution is -1.93. The molecule has 0 N–H and O–H groups in total. The second-order valence-electron chi connectivity index (χ2n) is 6.85. The van der Waals surface area contributed by atoms with Crippen LogP contribution in [-0.2, 0) is 13.5 Å². The molecule has 0 atom stereocenters. The molecular weight excluding hydrogens is 314 g/mol. The summed E-state index contributed by atoms with van der Waals surface area (Å²) >= 11 is 6.88. The van der Waals surface area contributed by atoms with Gasteiger partial charge >= 0.3 is 0 Å². The van der Waals surface area contributed by atoms with Crippen molar-refractivity contribution in [1.29, 1.82) is 0 Å². The highest BCUT2D eigenvalue weighted by Gasteiger charge is 2.19. The standard InChI is InChI=1S/C22H22ClN/c1-5-8-17-19-18-12-13(2)11-14(3)21(18)24(4)22(19)16-10-7-6-9-15(16)20(17)23/h6-7,9-12H,5,8H2,1-4H3. The Hall–Kier alpha value is -1.99. The van der Waals surface area contributed by atoms with Crippen LogP contribution >= 0.6 is 11.6 Å². The summed E-state index contributed by atoms with van der Waals surface area (Å²) in [6, 6.07) is 13.1. The summed E-state index contributed by atoms with van der Waals surface area (Å²) in [4.78, 5) is 0. The zero-order chi connectivity index (χ0) is 17.0. The van der Waals surface area contributed by atoms with Crippen molar-refractivity contribution < 1.29 is 0 Å². The Morgan fingerprint density at radius 3 is 2.38 bits per heavy atom. The van der Waals surface area contributed by atoms with E-state index >= 15 is 0 Å². The van der Waals surface area contributed by atoms with Gasteiger partial charge in [0.1, 0.15) is 0 Å². The Labute approximate surface area is 147 Å². The summed E-state index contributed by atoms with van der Waals surface area (Å²) in [5, 5.41) is 6.00. The second kappa shape index (κ2) is 5.53. The normalized spacial score (nSPS) is 11.9. The van der Waals surface area contributed by atoms with Crippen LogP contribution in [0.25, 0.3) is 32.6 Å². The molecule has 0 amide bonds. The first-order valence-corrected chi connectivity index (χ1v) is 9.00. The van der Waals surface area contributed by atoms with Crippen molar-refractivity contribution in [2.45, 2.75) is 33.6 Å². The highest BCUT2D eigenvalue weighted by atomic mass is 35.5. The molecule has 1 heterocycles. The number of aromatic nitrogens is 1. The molecule has 0 fully saturated rings. The highest BCUT2D eigenvalue weighted by Crippen LogP contribution is 2.42. The van der Waals surface area contributed by atoms with Crippen LogP contribution in [-0.4, -0.2) is 4.57 Å². The molecule has 3 aromatic carbocycles. The van der Waals surface area contributed by atoms with Crippen LogP contribution in [0.3, 0.4) is 0 Å². The number of halogens is 1. The van der Waals surface area contributed by atoms with Crippen LogP contribution < -0.4 is 0 Å². The van der Waals surface area contributed by atoms with Gasteiger partial charge in [0.2, 0.25) is 0 Å². The van der Waals surface area contributed by atoms with E-state index in [1.54, 1.807) is 0 Å². The molecule has 2 heteroatoms. The summed E-state index contributed by atoms with van der Waals surface area (Å²) < 4.78 is 2.36. The Kier molecular flexibility index (Phi) is 3.58. The molecule has 0 aliphatic rings. The smallest absolute Gasteiger partial charge is 0.0572 e. The number of fused-ring (bicyclic) bond motifs is 5. The van der Waals surface area contributed by atoms with Crippen LogP contribution in [0.1, 0.15) is 30.0 Å². The van der Waals surface area contributed by atoms with Crippen molar-refractivity contribution in [3.63, 3.8) is 0 Å². The van der Waals surface area contributed by atoms with Crippen LogP contribution in [0.2, 0.25) is 5.02 Å². The van der Waals surface area contributed by atoms with E-state index in [9.17, 15) is 0 Å². The van der Waals surface area contributed by atoms with Gasteiger partial charge in [0.25, 0.3) is 0 Å². The van der Waals surface area contributed by atoms with Gasteiger partial charge in [-0.1, -0.05) is 60.8 Å². The SMILES string of the molecule is CCCc1c(Cl)c2ccccc2c2c1c1cc(C)cc(C)c1n2C. The third kappa shape index (κ3) is 2.01. The van der Waals surface area contributed by atoms with Crippen molar-refractivity contribution in [3.8, 4) is 0 Å². The summed E-state index contributed by atoms with van der Waals surface area (Å²) in [7, 11) is 2.18. The maximum Gasteiger partial charge on any atom is 0.0572 e. The molecular formula is C22H22ClN. The summed E-state index contributed by atoms with van der Waals surface area (Å²) in [5.41, 5.74) is 6.55. The number of hydrogen-bond donors (Lipinski definition) is 0. The van der Waals surface area contributed by atoms with Crippen molar-refractivity contribution in [3.05, 3.63) is 58.1 Å². The molecule has 0 saturated heterocycles. The first kappa shape index (κ1) is 15.5. The average Bonchev–Trinajstić information content (AvgIpc) is 2.84. The quantitative estimate of drug-likeness (QED) is 0.383. The number of rotatable bonds is 2. The number of benzene rings is 3. The number of aryl methyl sites for hydroxylation is 4. The van der Waals surface area contributed by atoms with Gasteiger partial charge in [0.15, 0.2) is 0 Å². The minimum atomic E-state index is 0.923. The molecule has 1 aromatic heterocycles. The lowest BCUT2D eigenvalue weighted by atomic mass is 9.96. The molecule has 0 saturated carbocycles. The summed E-state index contributed by atoms with van der Waals surface area (Å²) in [6.07, 6.45) is 2.10. The minimum absolute atomic E-state index is 0.923. The molecule has 0 aliphatic heterocycles. The first-order valence-electron chi connectivity index (χ1n) is 8.63. The molecule has 0 unspecified atom stereocenters. The van der Waals surface area contributed by atoms with E-state index in [-0.39, 0.29) is 0 Å². The molecule has 4 rings (SSSR count). The van der Waals surface area contributed by atoms with Crippen LogP contribution in [0.5, 0.6) is 0 Å². The molecule has 0 spiro atoms. The third-order valence-electron chi connectivity index (χ3n) is 5.11. The Morgan fingerprint density at radius 2 is 1.67 bits per heavy atom. The Bertz CT molecular complexity index is 1100. The zero-order valence-corrected chi connectivity index (χ0v) is 15.5. The van der Waals surface area contributed by atoms with E-state index in [2.05, 4.69) is 68.8 Å². The predicted molar refractivity (Wildman–Crippen MR) is 106 cm³/mol. The third-order valence-corrected chi connectivity index (χ3v) is 5.54. The fourth-order valence-corrected chi connectivity index (χ4v) is 4.62. The first-order chi connectivity index (χ1) is 11.5. The molecule has 122 valence electrons.